The molecule has 1 aromatic rings. The average molecular weight is 235 g/mol. The van der Waals surface area contributed by atoms with Crippen molar-refractivity contribution in [1.29, 1.82) is 0 Å². The molecule has 1 rings (SSSR count). The molecule has 0 saturated carbocycles. The van der Waals surface area contributed by atoms with Crippen LogP contribution in [0.3, 0.4) is 0 Å². The third-order valence-electron chi connectivity index (χ3n) is 1.76. The van der Waals surface area contributed by atoms with Gasteiger partial charge in [0.2, 0.25) is 0 Å². The molecule has 0 aliphatic heterocycles. The summed E-state index contributed by atoms with van der Waals surface area (Å²) < 4.78 is 4.94. The number of nitrogens with one attached hydrogen (secondary N) is 1. The van der Waals surface area contributed by atoms with Crippen molar-refractivity contribution in [2.45, 2.75) is 18.3 Å². The van der Waals surface area contributed by atoms with Gasteiger partial charge in [0, 0.05) is 24.7 Å². The molecule has 1 N–H and O–H groups in total. The van der Waals surface area contributed by atoms with Crippen LogP contribution < -0.4 is 5.32 Å². The summed E-state index contributed by atoms with van der Waals surface area (Å²) in [6.45, 7) is 2.40. The maximum Gasteiger partial charge on any atom is 0.0794 e. The van der Waals surface area contributed by atoms with Gasteiger partial charge in [-0.15, -0.1) is 22.9 Å². The third kappa shape index (κ3) is 4.91. The van der Waals surface area contributed by atoms with Crippen molar-refractivity contribution in [2.24, 2.45) is 0 Å². The molecule has 0 aliphatic rings. The lowest BCUT2D eigenvalue weighted by molar-refractivity contribution is 0.195. The SMILES string of the molecule is COCC(Cl)CCNCc1cncs1. The second-order valence-corrected chi connectivity index (χ2v) is 4.57. The van der Waals surface area contributed by atoms with Crippen molar-refractivity contribution in [2.75, 3.05) is 20.3 Å². The van der Waals surface area contributed by atoms with Gasteiger partial charge in [0.15, 0.2) is 0 Å². The quantitative estimate of drug-likeness (QED) is 0.578. The number of methoxy groups -OCH3 is 1. The van der Waals surface area contributed by atoms with Gasteiger partial charge in [-0.25, -0.2) is 0 Å². The smallest absolute Gasteiger partial charge is 0.0794 e. The van der Waals surface area contributed by atoms with E-state index in [1.165, 1.54) is 4.88 Å². The molecule has 0 saturated heterocycles. The van der Waals surface area contributed by atoms with Crippen LogP contribution in [0.5, 0.6) is 0 Å². The Hall–Kier alpha value is -0.160. The molecule has 0 amide bonds. The fraction of sp³-hybridized carbons (Fsp3) is 0.667. The number of hydrogen-bond donors (Lipinski definition) is 1. The van der Waals surface area contributed by atoms with Crippen LogP contribution in [0, 0.1) is 0 Å². The van der Waals surface area contributed by atoms with E-state index in [1.54, 1.807) is 18.4 Å². The highest BCUT2D eigenvalue weighted by molar-refractivity contribution is 7.09. The molecule has 0 aromatic carbocycles. The first-order valence-corrected chi connectivity index (χ1v) is 5.85. The summed E-state index contributed by atoms with van der Waals surface area (Å²) in [6.07, 6.45) is 2.80. The highest BCUT2D eigenvalue weighted by Gasteiger charge is 2.02. The third-order valence-corrected chi connectivity index (χ3v) is 2.89. The largest absolute Gasteiger partial charge is 0.383 e. The Morgan fingerprint density at radius 1 is 1.71 bits per heavy atom. The summed E-state index contributed by atoms with van der Waals surface area (Å²) in [4.78, 5) is 5.25. The number of ether oxygens (including phenoxy) is 1. The lowest BCUT2D eigenvalue weighted by atomic mass is 10.3. The van der Waals surface area contributed by atoms with E-state index in [2.05, 4.69) is 10.3 Å². The van der Waals surface area contributed by atoms with Crippen LogP contribution in [0.4, 0.5) is 0 Å². The van der Waals surface area contributed by atoms with Crippen molar-refractivity contribution in [3.05, 3.63) is 16.6 Å². The monoisotopic (exact) mass is 234 g/mol. The first-order chi connectivity index (χ1) is 6.83. The molecule has 80 valence electrons. The highest BCUT2D eigenvalue weighted by atomic mass is 35.5. The molecule has 1 aromatic heterocycles. The normalized spacial score (nSPS) is 13.0. The average Bonchev–Trinajstić information content (AvgIpc) is 2.65. The predicted octanol–water partition coefficient (Wildman–Crippen LogP) is 1.88. The summed E-state index contributed by atoms with van der Waals surface area (Å²) in [5.41, 5.74) is 1.84. The van der Waals surface area contributed by atoms with Crippen LogP contribution in [0.1, 0.15) is 11.3 Å². The Morgan fingerprint density at radius 3 is 3.21 bits per heavy atom. The Labute approximate surface area is 93.4 Å². The maximum absolute atomic E-state index is 5.97. The van der Waals surface area contributed by atoms with Gasteiger partial charge in [0.25, 0.3) is 0 Å². The molecule has 1 heterocycles. The van der Waals surface area contributed by atoms with Crippen molar-refractivity contribution in [1.82, 2.24) is 10.3 Å². The molecule has 0 spiro atoms. The molecule has 0 aliphatic carbocycles. The molecule has 0 fully saturated rings. The van der Waals surface area contributed by atoms with Crippen molar-refractivity contribution < 1.29 is 4.74 Å². The fourth-order valence-electron chi connectivity index (χ4n) is 1.06. The summed E-state index contributed by atoms with van der Waals surface area (Å²) in [5, 5.41) is 3.41. The zero-order chi connectivity index (χ0) is 10.2. The van der Waals surface area contributed by atoms with Crippen LogP contribution in [-0.4, -0.2) is 30.6 Å². The molecule has 0 bridgehead atoms. The van der Waals surface area contributed by atoms with Gasteiger partial charge < -0.3 is 10.1 Å². The summed E-state index contributed by atoms with van der Waals surface area (Å²) in [7, 11) is 1.67. The van der Waals surface area contributed by atoms with Crippen LogP contribution >= 0.6 is 22.9 Å². The van der Waals surface area contributed by atoms with E-state index in [1.807, 2.05) is 11.7 Å². The minimum atomic E-state index is 0.106. The minimum absolute atomic E-state index is 0.106. The molecular weight excluding hydrogens is 220 g/mol. The number of hydrogen-bond acceptors (Lipinski definition) is 4. The first kappa shape index (κ1) is 11.9. The van der Waals surface area contributed by atoms with Gasteiger partial charge in [-0.05, 0) is 13.0 Å². The lowest BCUT2D eigenvalue weighted by Gasteiger charge is -2.08. The standard InChI is InChI=1S/C9H15ClN2OS/c1-13-6-8(10)2-3-11-4-9-5-12-7-14-9/h5,7-8,11H,2-4,6H2,1H3. The lowest BCUT2D eigenvalue weighted by Crippen LogP contribution is -2.19. The topological polar surface area (TPSA) is 34.1 Å². The summed E-state index contributed by atoms with van der Waals surface area (Å²) in [6, 6.07) is 0. The van der Waals surface area contributed by atoms with Crippen LogP contribution in [0.25, 0.3) is 0 Å². The Balaban J connectivity index is 1.99. The van der Waals surface area contributed by atoms with E-state index < -0.39 is 0 Å². The van der Waals surface area contributed by atoms with Gasteiger partial charge in [0.05, 0.1) is 17.5 Å². The predicted molar refractivity (Wildman–Crippen MR) is 60.0 cm³/mol. The van der Waals surface area contributed by atoms with E-state index in [0.717, 1.165) is 19.5 Å². The zero-order valence-electron chi connectivity index (χ0n) is 8.20. The molecule has 3 nitrogen and oxygen atoms in total. The Morgan fingerprint density at radius 2 is 2.57 bits per heavy atom. The van der Waals surface area contributed by atoms with Gasteiger partial charge >= 0.3 is 0 Å². The Bertz CT molecular complexity index is 231. The van der Waals surface area contributed by atoms with Gasteiger partial charge in [-0.2, -0.15) is 0 Å². The second kappa shape index (κ2) is 7.17. The van der Waals surface area contributed by atoms with E-state index >= 15 is 0 Å². The second-order valence-electron chi connectivity index (χ2n) is 2.99. The van der Waals surface area contributed by atoms with Gasteiger partial charge in [-0.1, -0.05) is 0 Å². The maximum atomic E-state index is 5.97. The van der Waals surface area contributed by atoms with Crippen molar-refractivity contribution >= 4 is 22.9 Å². The number of thiazole rings is 1. The van der Waals surface area contributed by atoms with Crippen LogP contribution in [0.15, 0.2) is 11.7 Å². The highest BCUT2D eigenvalue weighted by Crippen LogP contribution is 2.05. The zero-order valence-corrected chi connectivity index (χ0v) is 9.77. The molecule has 0 radical (unpaired) electrons. The Kier molecular flexibility index (Phi) is 6.10. The van der Waals surface area contributed by atoms with E-state index in [-0.39, 0.29) is 5.38 Å². The molecule has 1 unspecified atom stereocenters. The summed E-state index contributed by atoms with van der Waals surface area (Å²) in [5.74, 6) is 0. The van der Waals surface area contributed by atoms with E-state index in [9.17, 15) is 0 Å². The molecule has 14 heavy (non-hydrogen) atoms. The van der Waals surface area contributed by atoms with E-state index in [0.29, 0.717) is 6.61 Å². The van der Waals surface area contributed by atoms with Crippen LogP contribution in [-0.2, 0) is 11.3 Å². The summed E-state index contributed by atoms with van der Waals surface area (Å²) >= 11 is 7.63. The van der Waals surface area contributed by atoms with Gasteiger partial charge in [-0.3, -0.25) is 4.98 Å². The number of aromatic nitrogens is 1. The van der Waals surface area contributed by atoms with Crippen LogP contribution in [0.2, 0.25) is 0 Å². The minimum Gasteiger partial charge on any atom is -0.383 e. The number of rotatable bonds is 7. The fourth-order valence-corrected chi connectivity index (χ4v) is 1.86. The van der Waals surface area contributed by atoms with E-state index in [4.69, 9.17) is 16.3 Å². The molecule has 5 heteroatoms. The molecule has 1 atom stereocenters. The number of nitrogens with zero attached hydrogens (tertiary/aromatic N) is 1. The number of halogens is 1. The first-order valence-electron chi connectivity index (χ1n) is 4.54. The number of alkyl halides is 1. The van der Waals surface area contributed by atoms with Crippen molar-refractivity contribution in [3.63, 3.8) is 0 Å². The van der Waals surface area contributed by atoms with Crippen molar-refractivity contribution in [3.8, 4) is 0 Å². The van der Waals surface area contributed by atoms with Gasteiger partial charge in [0.1, 0.15) is 0 Å². The molecular formula is C9H15ClN2OS.